The van der Waals surface area contributed by atoms with Gasteiger partial charge in [-0.3, -0.25) is 4.79 Å². The molecule has 0 spiro atoms. The fourth-order valence-corrected chi connectivity index (χ4v) is 5.06. The molecule has 0 unspecified atom stereocenters. The van der Waals surface area contributed by atoms with E-state index in [1.165, 1.54) is 11.1 Å². The van der Waals surface area contributed by atoms with E-state index in [2.05, 4.69) is 34.5 Å². The number of hydrogen-bond acceptors (Lipinski definition) is 5. The maximum Gasteiger partial charge on any atom is 0.226 e. The molecule has 1 saturated heterocycles. The van der Waals surface area contributed by atoms with Crippen LogP contribution in [0.1, 0.15) is 48.5 Å². The summed E-state index contributed by atoms with van der Waals surface area (Å²) in [7, 11) is 1.66. The molecule has 0 saturated carbocycles. The third-order valence-electron chi connectivity index (χ3n) is 6.92. The highest BCUT2D eigenvalue weighted by Crippen LogP contribution is 2.31. The van der Waals surface area contributed by atoms with E-state index in [1.807, 2.05) is 25.1 Å². The molecule has 0 bridgehead atoms. The van der Waals surface area contributed by atoms with Gasteiger partial charge in [0.05, 0.1) is 24.4 Å². The summed E-state index contributed by atoms with van der Waals surface area (Å²) in [6.07, 6.45) is 4.90. The van der Waals surface area contributed by atoms with Gasteiger partial charge < -0.3 is 15.0 Å². The number of nitrogens with zero attached hydrogens (tertiary/aromatic N) is 3. The Morgan fingerprint density at radius 3 is 2.72 bits per heavy atom. The lowest BCUT2D eigenvalue weighted by Gasteiger charge is -2.33. The molecule has 166 valence electrons. The van der Waals surface area contributed by atoms with Crippen LogP contribution in [-0.4, -0.2) is 36.1 Å². The maximum atomic E-state index is 13.0. The summed E-state index contributed by atoms with van der Waals surface area (Å²) in [6.45, 7) is 3.59. The zero-order chi connectivity index (χ0) is 22.1. The molecular weight excluding hydrogens is 400 g/mol. The lowest BCUT2D eigenvalue weighted by molar-refractivity contribution is -0.126. The minimum absolute atomic E-state index is 0.0435. The molecule has 2 aromatic carbocycles. The average Bonchev–Trinajstić information content (AvgIpc) is 2.84. The predicted octanol–water partition coefficient (Wildman–Crippen LogP) is 4.36. The fraction of sp³-hybridized carbons (Fsp3) is 0.423. The molecule has 2 aliphatic rings. The monoisotopic (exact) mass is 430 g/mol. The second-order valence-corrected chi connectivity index (χ2v) is 8.91. The number of carbonyl (C=O) groups excluding carboxylic acids is 1. The number of aryl methyl sites for hydroxylation is 2. The molecule has 6 heteroatoms. The van der Waals surface area contributed by atoms with Crippen molar-refractivity contribution in [2.24, 2.45) is 5.92 Å². The summed E-state index contributed by atoms with van der Waals surface area (Å²) >= 11 is 0. The summed E-state index contributed by atoms with van der Waals surface area (Å²) in [4.78, 5) is 24.8. The minimum Gasteiger partial charge on any atom is -0.497 e. The first-order valence-electron chi connectivity index (χ1n) is 11.6. The highest BCUT2D eigenvalue weighted by Gasteiger charge is 2.29. The Balaban J connectivity index is 1.25. The van der Waals surface area contributed by atoms with Gasteiger partial charge in [-0.25, -0.2) is 9.97 Å². The van der Waals surface area contributed by atoms with Crippen molar-refractivity contribution in [1.29, 1.82) is 0 Å². The van der Waals surface area contributed by atoms with Crippen LogP contribution in [0.25, 0.3) is 10.9 Å². The molecule has 1 atom stereocenters. The van der Waals surface area contributed by atoms with Crippen LogP contribution in [0.3, 0.4) is 0 Å². The Kier molecular flexibility index (Phi) is 5.68. The van der Waals surface area contributed by atoms with Crippen molar-refractivity contribution >= 4 is 22.8 Å². The molecule has 1 aliphatic carbocycles. The van der Waals surface area contributed by atoms with Gasteiger partial charge in [0.25, 0.3) is 0 Å². The number of amides is 1. The fourth-order valence-electron chi connectivity index (χ4n) is 5.06. The van der Waals surface area contributed by atoms with E-state index in [4.69, 9.17) is 14.7 Å². The number of rotatable bonds is 4. The third kappa shape index (κ3) is 4.01. The smallest absolute Gasteiger partial charge is 0.226 e. The molecule has 1 N–H and O–H groups in total. The summed E-state index contributed by atoms with van der Waals surface area (Å²) in [5, 5.41) is 4.38. The normalized spacial score (nSPS) is 18.9. The average molecular weight is 431 g/mol. The number of hydrogen-bond donors (Lipinski definition) is 1. The van der Waals surface area contributed by atoms with Crippen LogP contribution >= 0.6 is 0 Å². The number of fused-ring (bicyclic) bond motifs is 2. The van der Waals surface area contributed by atoms with E-state index in [9.17, 15) is 4.79 Å². The quantitative estimate of drug-likeness (QED) is 0.666. The molecule has 1 aromatic heterocycles. The van der Waals surface area contributed by atoms with Gasteiger partial charge in [0, 0.05) is 30.5 Å². The van der Waals surface area contributed by atoms with Crippen molar-refractivity contribution in [3.05, 3.63) is 59.3 Å². The molecule has 1 amide bonds. The Hall–Kier alpha value is -3.15. The van der Waals surface area contributed by atoms with Gasteiger partial charge in [0.15, 0.2) is 0 Å². The molecule has 3 aromatic rings. The van der Waals surface area contributed by atoms with Gasteiger partial charge in [-0.05, 0) is 62.3 Å². The van der Waals surface area contributed by atoms with Gasteiger partial charge >= 0.3 is 0 Å². The number of benzene rings is 2. The van der Waals surface area contributed by atoms with Crippen LogP contribution in [0, 0.1) is 12.8 Å². The van der Waals surface area contributed by atoms with Crippen LogP contribution in [0.2, 0.25) is 0 Å². The van der Waals surface area contributed by atoms with Crippen LogP contribution in [0.5, 0.6) is 5.75 Å². The van der Waals surface area contributed by atoms with Crippen molar-refractivity contribution in [3.63, 3.8) is 0 Å². The Morgan fingerprint density at radius 1 is 1.09 bits per heavy atom. The van der Waals surface area contributed by atoms with Gasteiger partial charge in [-0.2, -0.15) is 0 Å². The number of aromatic nitrogens is 2. The van der Waals surface area contributed by atoms with Crippen molar-refractivity contribution in [2.75, 3.05) is 25.1 Å². The second kappa shape index (κ2) is 8.77. The molecule has 2 heterocycles. The first-order valence-corrected chi connectivity index (χ1v) is 11.6. The number of nitrogens with one attached hydrogen (secondary N) is 1. The molecule has 1 aliphatic heterocycles. The van der Waals surface area contributed by atoms with Crippen LogP contribution in [0.4, 0.5) is 5.95 Å². The molecule has 1 fully saturated rings. The SMILES string of the molecule is COc1ccc2c(C)nc(N3CCC(C(=O)N[C@@H]4CCCc5ccccc54)CC3)nc2c1. The maximum absolute atomic E-state index is 13.0. The van der Waals surface area contributed by atoms with Crippen molar-refractivity contribution in [2.45, 2.75) is 45.1 Å². The first kappa shape index (κ1) is 20.7. The summed E-state index contributed by atoms with van der Waals surface area (Å²) in [6, 6.07) is 14.6. The number of anilines is 1. The summed E-state index contributed by atoms with van der Waals surface area (Å²) < 4.78 is 5.35. The van der Waals surface area contributed by atoms with E-state index >= 15 is 0 Å². The first-order chi connectivity index (χ1) is 15.6. The van der Waals surface area contributed by atoms with Crippen molar-refractivity contribution < 1.29 is 9.53 Å². The van der Waals surface area contributed by atoms with E-state index in [0.29, 0.717) is 0 Å². The van der Waals surface area contributed by atoms with Gasteiger partial charge in [0.1, 0.15) is 5.75 Å². The molecule has 6 nitrogen and oxygen atoms in total. The standard InChI is InChI=1S/C26H30N4O2/c1-17-21-11-10-20(32-2)16-24(21)29-26(27-17)30-14-12-19(13-15-30)25(31)28-23-9-5-7-18-6-3-4-8-22(18)23/h3-4,6,8,10-11,16,19,23H,5,7,9,12-15H2,1-2H3,(H,28,31)/t23-/m1/s1. The van der Waals surface area contributed by atoms with Gasteiger partial charge in [-0.15, -0.1) is 0 Å². The minimum atomic E-state index is 0.0435. The zero-order valence-electron chi connectivity index (χ0n) is 18.8. The topological polar surface area (TPSA) is 67.3 Å². The molecule has 5 rings (SSSR count). The van der Waals surface area contributed by atoms with Crippen LogP contribution in [0.15, 0.2) is 42.5 Å². The number of piperidine rings is 1. The van der Waals surface area contributed by atoms with E-state index in [1.54, 1.807) is 7.11 Å². The number of carbonyl (C=O) groups is 1. The van der Waals surface area contributed by atoms with E-state index in [-0.39, 0.29) is 17.9 Å². The third-order valence-corrected chi connectivity index (χ3v) is 6.92. The largest absolute Gasteiger partial charge is 0.497 e. The van der Waals surface area contributed by atoms with Crippen LogP contribution in [-0.2, 0) is 11.2 Å². The lowest BCUT2D eigenvalue weighted by atomic mass is 9.87. The van der Waals surface area contributed by atoms with E-state index < -0.39 is 0 Å². The van der Waals surface area contributed by atoms with Crippen molar-refractivity contribution in [3.8, 4) is 5.75 Å². The Bertz CT molecular complexity index is 1140. The Morgan fingerprint density at radius 2 is 1.91 bits per heavy atom. The Labute approximate surface area is 189 Å². The molecule has 0 radical (unpaired) electrons. The number of methoxy groups -OCH3 is 1. The van der Waals surface area contributed by atoms with Crippen molar-refractivity contribution in [1.82, 2.24) is 15.3 Å². The van der Waals surface area contributed by atoms with E-state index in [0.717, 1.165) is 73.5 Å². The predicted molar refractivity (Wildman–Crippen MR) is 126 cm³/mol. The lowest BCUT2D eigenvalue weighted by Crippen LogP contribution is -2.42. The molecule has 32 heavy (non-hydrogen) atoms. The summed E-state index contributed by atoms with van der Waals surface area (Å²) in [5.41, 5.74) is 4.52. The summed E-state index contributed by atoms with van der Waals surface area (Å²) in [5.74, 6) is 1.76. The highest BCUT2D eigenvalue weighted by atomic mass is 16.5. The second-order valence-electron chi connectivity index (χ2n) is 8.91. The zero-order valence-corrected chi connectivity index (χ0v) is 18.8. The molecular formula is C26H30N4O2. The highest BCUT2D eigenvalue weighted by molar-refractivity contribution is 5.83. The number of ether oxygens (including phenoxy) is 1. The van der Waals surface area contributed by atoms with Crippen LogP contribution < -0.4 is 15.0 Å². The van der Waals surface area contributed by atoms with Gasteiger partial charge in [0.2, 0.25) is 11.9 Å². The van der Waals surface area contributed by atoms with Gasteiger partial charge in [-0.1, -0.05) is 24.3 Å².